The Hall–Kier alpha value is -6.30. The standard InChI is InChI=1S/C40H41ClFN9O7/c41-31-12-13-33(51-23-44-47-48-51)30(36(31)42)11-14-35(53)50-21-17-28-27(4-3-5-29(28)37(50)38(54)45-26-9-7-25(8-10-26)39(55)56)24-15-19-49(20-16-24)22-34(52)46-32(40(57)58)6-1-2-18-43/h3-5,7-15,23,32,37H,1-2,6,16-22,43H2,(H,45,54)(H,46,52)(H,55,56)(H,57,58)/b14-11+/t32-,37-/m0/s1. The molecule has 4 aromatic rings. The Bertz CT molecular complexity index is 2250. The van der Waals surface area contributed by atoms with Crippen molar-refractivity contribution in [2.24, 2.45) is 5.73 Å². The maximum atomic E-state index is 15.4. The number of benzene rings is 3. The Morgan fingerprint density at radius 3 is 2.48 bits per heavy atom. The Kier molecular flexibility index (Phi) is 13.4. The Labute approximate surface area is 337 Å². The van der Waals surface area contributed by atoms with E-state index in [0.717, 1.165) is 22.8 Å². The maximum absolute atomic E-state index is 15.4. The molecule has 302 valence electrons. The van der Waals surface area contributed by atoms with Crippen LogP contribution in [0.4, 0.5) is 10.1 Å². The third-order valence-electron chi connectivity index (χ3n) is 10.0. The molecule has 3 amide bonds. The summed E-state index contributed by atoms with van der Waals surface area (Å²) in [7, 11) is 0. The second-order valence-corrected chi connectivity index (χ2v) is 14.2. The van der Waals surface area contributed by atoms with Gasteiger partial charge < -0.3 is 31.5 Å². The quantitative estimate of drug-likeness (QED) is 0.0856. The number of anilines is 1. The SMILES string of the molecule is NCCCC[C@H](NC(=O)CN1CC=C(c2cccc3c2CCN(C(=O)/C=C/c2c(-n4cnnn4)ccc(Cl)c2F)[C@@H]3C(=O)Nc2ccc(C(=O)O)cc2)CC1)C(=O)O. The minimum Gasteiger partial charge on any atom is -0.480 e. The predicted molar refractivity (Wildman–Crippen MR) is 211 cm³/mol. The lowest BCUT2D eigenvalue weighted by atomic mass is 9.84. The van der Waals surface area contributed by atoms with Gasteiger partial charge in [0.25, 0.3) is 5.91 Å². The third-order valence-corrected chi connectivity index (χ3v) is 10.3. The predicted octanol–water partition coefficient (Wildman–Crippen LogP) is 3.72. The van der Waals surface area contributed by atoms with E-state index in [1.165, 1.54) is 58.4 Å². The van der Waals surface area contributed by atoms with Crippen LogP contribution in [0.3, 0.4) is 0 Å². The number of unbranched alkanes of at least 4 members (excludes halogenated alkanes) is 1. The number of nitrogens with zero attached hydrogens (tertiary/aromatic N) is 6. The van der Waals surface area contributed by atoms with Crippen molar-refractivity contribution in [3.8, 4) is 5.69 Å². The summed E-state index contributed by atoms with van der Waals surface area (Å²) in [6.45, 7) is 1.53. The summed E-state index contributed by atoms with van der Waals surface area (Å²) >= 11 is 6.09. The van der Waals surface area contributed by atoms with Crippen LogP contribution in [-0.2, 0) is 25.6 Å². The number of carboxylic acid groups (broad SMARTS) is 2. The normalized spacial score (nSPS) is 16.0. The number of nitrogens with two attached hydrogens (primary N) is 1. The highest BCUT2D eigenvalue weighted by atomic mass is 35.5. The second kappa shape index (κ2) is 18.8. The molecule has 2 atom stereocenters. The van der Waals surface area contributed by atoms with E-state index in [9.17, 15) is 34.2 Å². The van der Waals surface area contributed by atoms with E-state index in [-0.39, 0.29) is 40.8 Å². The van der Waals surface area contributed by atoms with E-state index in [4.69, 9.17) is 17.3 Å². The molecule has 2 aliphatic rings. The van der Waals surface area contributed by atoms with Gasteiger partial charge in [0.2, 0.25) is 11.8 Å². The van der Waals surface area contributed by atoms with E-state index in [1.54, 1.807) is 12.1 Å². The molecule has 0 unspecified atom stereocenters. The van der Waals surface area contributed by atoms with E-state index in [2.05, 4.69) is 26.2 Å². The van der Waals surface area contributed by atoms with Crippen molar-refractivity contribution in [3.63, 3.8) is 0 Å². The van der Waals surface area contributed by atoms with Gasteiger partial charge in [-0.05, 0) is 114 Å². The van der Waals surface area contributed by atoms with Crippen molar-refractivity contribution >= 4 is 58.6 Å². The number of aliphatic carboxylic acids is 1. The summed E-state index contributed by atoms with van der Waals surface area (Å²) in [5, 5.41) is 35.2. The number of hydrogen-bond donors (Lipinski definition) is 5. The van der Waals surface area contributed by atoms with Crippen molar-refractivity contribution in [2.45, 2.75) is 44.2 Å². The minimum atomic E-state index is -1.14. The number of aromatic carboxylic acids is 1. The highest BCUT2D eigenvalue weighted by molar-refractivity contribution is 6.31. The number of amides is 3. The van der Waals surface area contributed by atoms with Crippen LogP contribution >= 0.6 is 11.6 Å². The fourth-order valence-corrected chi connectivity index (χ4v) is 7.29. The molecule has 58 heavy (non-hydrogen) atoms. The van der Waals surface area contributed by atoms with E-state index in [0.29, 0.717) is 63.0 Å². The number of carboxylic acids is 2. The number of aromatic nitrogens is 4. The molecule has 6 rings (SSSR count). The van der Waals surface area contributed by atoms with Crippen molar-refractivity contribution in [1.82, 2.24) is 35.3 Å². The van der Waals surface area contributed by atoms with Gasteiger partial charge >= 0.3 is 11.9 Å². The largest absolute Gasteiger partial charge is 0.480 e. The second-order valence-electron chi connectivity index (χ2n) is 13.8. The summed E-state index contributed by atoms with van der Waals surface area (Å²) < 4.78 is 16.6. The monoisotopic (exact) mass is 813 g/mol. The van der Waals surface area contributed by atoms with Crippen molar-refractivity contribution in [3.05, 3.63) is 112 Å². The van der Waals surface area contributed by atoms with Gasteiger partial charge in [0.15, 0.2) is 5.82 Å². The number of rotatable bonds is 15. The molecule has 0 saturated heterocycles. The number of tetrazole rings is 1. The first-order valence-electron chi connectivity index (χ1n) is 18.5. The average molecular weight is 814 g/mol. The molecule has 0 fully saturated rings. The maximum Gasteiger partial charge on any atom is 0.335 e. The lowest BCUT2D eigenvalue weighted by Crippen LogP contribution is -2.46. The van der Waals surface area contributed by atoms with Crippen LogP contribution in [0.2, 0.25) is 5.02 Å². The number of carbonyl (C=O) groups excluding carboxylic acids is 3. The highest BCUT2D eigenvalue weighted by Gasteiger charge is 2.37. The van der Waals surface area contributed by atoms with E-state index >= 15 is 4.39 Å². The van der Waals surface area contributed by atoms with Gasteiger partial charge in [0.1, 0.15) is 18.4 Å². The third kappa shape index (κ3) is 9.62. The summed E-state index contributed by atoms with van der Waals surface area (Å²) in [5.41, 5.74) is 9.37. The first-order chi connectivity index (χ1) is 27.9. The van der Waals surface area contributed by atoms with E-state index < -0.39 is 41.7 Å². The molecular formula is C40H41ClFN9O7. The molecule has 6 N–H and O–H groups in total. The molecule has 16 nitrogen and oxygen atoms in total. The van der Waals surface area contributed by atoms with Crippen LogP contribution < -0.4 is 16.4 Å². The molecule has 0 saturated carbocycles. The number of carbonyl (C=O) groups is 5. The molecule has 2 aliphatic heterocycles. The molecule has 3 aromatic carbocycles. The van der Waals surface area contributed by atoms with Crippen LogP contribution in [0.5, 0.6) is 0 Å². The van der Waals surface area contributed by atoms with Gasteiger partial charge in [-0.1, -0.05) is 35.9 Å². The number of nitrogens with one attached hydrogen (secondary N) is 2. The summed E-state index contributed by atoms with van der Waals surface area (Å²) in [5.74, 6) is -4.54. The zero-order valence-electron chi connectivity index (χ0n) is 31.2. The zero-order valence-corrected chi connectivity index (χ0v) is 31.9. The fraction of sp³-hybridized carbons (Fsp3) is 0.300. The lowest BCUT2D eigenvalue weighted by Gasteiger charge is -2.37. The van der Waals surface area contributed by atoms with Gasteiger partial charge in [-0.25, -0.2) is 14.0 Å². The summed E-state index contributed by atoms with van der Waals surface area (Å²) in [4.78, 5) is 67.5. The van der Waals surface area contributed by atoms with Gasteiger partial charge in [-0.15, -0.1) is 5.10 Å². The topological polar surface area (TPSA) is 226 Å². The fourth-order valence-electron chi connectivity index (χ4n) is 7.13. The van der Waals surface area contributed by atoms with Crippen LogP contribution in [0.15, 0.2) is 73.1 Å². The van der Waals surface area contributed by atoms with Gasteiger partial charge in [0, 0.05) is 37.0 Å². The molecule has 0 bridgehead atoms. The molecular weight excluding hydrogens is 773 g/mol. The molecule has 0 spiro atoms. The first kappa shape index (κ1) is 41.3. The molecule has 0 aliphatic carbocycles. The van der Waals surface area contributed by atoms with Crippen molar-refractivity contribution in [1.29, 1.82) is 0 Å². The number of fused-ring (bicyclic) bond motifs is 1. The minimum absolute atomic E-state index is 0.0218. The van der Waals surface area contributed by atoms with Crippen LogP contribution in [0, 0.1) is 5.82 Å². The molecule has 3 heterocycles. The van der Waals surface area contributed by atoms with Crippen molar-refractivity contribution < 1.29 is 38.6 Å². The van der Waals surface area contributed by atoms with Gasteiger partial charge in [-0.2, -0.15) is 4.68 Å². The summed E-state index contributed by atoms with van der Waals surface area (Å²) in [6, 6.07) is 11.9. The molecule has 18 heteroatoms. The highest BCUT2D eigenvalue weighted by Crippen LogP contribution is 2.37. The van der Waals surface area contributed by atoms with Crippen LogP contribution in [0.1, 0.15) is 64.3 Å². The Morgan fingerprint density at radius 2 is 1.81 bits per heavy atom. The smallest absolute Gasteiger partial charge is 0.335 e. The van der Waals surface area contributed by atoms with Crippen molar-refractivity contribution in [2.75, 3.05) is 38.0 Å². The molecule has 0 radical (unpaired) electrons. The average Bonchev–Trinajstić information content (AvgIpc) is 3.76. The lowest BCUT2D eigenvalue weighted by molar-refractivity contribution is -0.142. The zero-order chi connectivity index (χ0) is 41.3. The van der Waals surface area contributed by atoms with Crippen LogP contribution in [-0.4, -0.2) is 109 Å². The molecule has 1 aromatic heterocycles. The first-order valence-corrected chi connectivity index (χ1v) is 18.9. The Morgan fingerprint density at radius 1 is 1.02 bits per heavy atom. The van der Waals surface area contributed by atoms with Crippen LogP contribution in [0.25, 0.3) is 17.3 Å². The van der Waals surface area contributed by atoms with Gasteiger partial charge in [0.05, 0.1) is 22.8 Å². The Balaban J connectivity index is 1.26. The number of hydrogen-bond acceptors (Lipinski definition) is 10. The summed E-state index contributed by atoms with van der Waals surface area (Å²) in [6.07, 6.45) is 8.18. The van der Waals surface area contributed by atoms with Gasteiger partial charge in [-0.3, -0.25) is 19.3 Å². The van der Waals surface area contributed by atoms with E-state index in [1.807, 2.05) is 17.0 Å². The number of halogens is 2.